The van der Waals surface area contributed by atoms with Crippen LogP contribution in [-0.4, -0.2) is 11.5 Å². The molecule has 3 rings (SSSR count). The first kappa shape index (κ1) is 13.4. The van der Waals surface area contributed by atoms with Crippen molar-refractivity contribution in [1.82, 2.24) is 4.98 Å². The molecule has 0 radical (unpaired) electrons. The standard InChI is InChI=1S/C15H13ClN2OS/c16-15-7-6-14(20-15)13(9-17)19-12-5-1-4-11-10(12)3-2-8-18-11/h1-8,13H,9,17H2. The molecule has 2 aromatic heterocycles. The molecule has 0 bridgehead atoms. The quantitative estimate of drug-likeness (QED) is 0.791. The summed E-state index contributed by atoms with van der Waals surface area (Å²) in [5.74, 6) is 0.788. The van der Waals surface area contributed by atoms with Gasteiger partial charge in [0.25, 0.3) is 0 Å². The van der Waals surface area contributed by atoms with Gasteiger partial charge in [-0.25, -0.2) is 0 Å². The van der Waals surface area contributed by atoms with Crippen molar-refractivity contribution < 1.29 is 4.74 Å². The highest BCUT2D eigenvalue weighted by molar-refractivity contribution is 7.16. The molecule has 0 spiro atoms. The molecule has 0 saturated carbocycles. The van der Waals surface area contributed by atoms with Crippen LogP contribution in [0.2, 0.25) is 4.34 Å². The highest BCUT2D eigenvalue weighted by atomic mass is 35.5. The third-order valence-electron chi connectivity index (χ3n) is 3.00. The van der Waals surface area contributed by atoms with E-state index < -0.39 is 0 Å². The second-order valence-corrected chi connectivity index (χ2v) is 6.06. The van der Waals surface area contributed by atoms with Gasteiger partial charge in [-0.1, -0.05) is 17.7 Å². The molecule has 1 aromatic carbocycles. The van der Waals surface area contributed by atoms with Gasteiger partial charge in [-0.2, -0.15) is 0 Å². The monoisotopic (exact) mass is 304 g/mol. The fourth-order valence-corrected chi connectivity index (χ4v) is 3.16. The van der Waals surface area contributed by atoms with E-state index in [0.29, 0.717) is 6.54 Å². The number of benzene rings is 1. The Morgan fingerprint density at radius 2 is 2.10 bits per heavy atom. The molecule has 102 valence electrons. The van der Waals surface area contributed by atoms with Crippen LogP contribution in [0.15, 0.2) is 48.7 Å². The first-order valence-electron chi connectivity index (χ1n) is 6.23. The number of aromatic nitrogens is 1. The lowest BCUT2D eigenvalue weighted by Crippen LogP contribution is -2.17. The van der Waals surface area contributed by atoms with E-state index in [1.807, 2.05) is 42.5 Å². The zero-order valence-electron chi connectivity index (χ0n) is 10.6. The minimum absolute atomic E-state index is 0.196. The summed E-state index contributed by atoms with van der Waals surface area (Å²) in [6, 6.07) is 13.5. The molecular formula is C15H13ClN2OS. The molecule has 2 heterocycles. The van der Waals surface area contributed by atoms with Crippen molar-refractivity contribution in [2.24, 2.45) is 5.73 Å². The van der Waals surface area contributed by atoms with Crippen LogP contribution in [0.3, 0.4) is 0 Å². The second kappa shape index (κ2) is 5.79. The van der Waals surface area contributed by atoms with Gasteiger partial charge in [0.1, 0.15) is 11.9 Å². The molecule has 2 N–H and O–H groups in total. The minimum Gasteiger partial charge on any atom is -0.483 e. The highest BCUT2D eigenvalue weighted by Crippen LogP contribution is 2.32. The van der Waals surface area contributed by atoms with Gasteiger partial charge in [-0.05, 0) is 36.4 Å². The summed E-state index contributed by atoms with van der Waals surface area (Å²) in [6.07, 6.45) is 1.57. The van der Waals surface area contributed by atoms with Crippen molar-refractivity contribution in [3.63, 3.8) is 0 Å². The van der Waals surface area contributed by atoms with Gasteiger partial charge < -0.3 is 10.5 Å². The molecule has 0 saturated heterocycles. The van der Waals surface area contributed by atoms with E-state index >= 15 is 0 Å². The molecule has 0 fully saturated rings. The Hall–Kier alpha value is -1.62. The Bertz CT molecular complexity index is 723. The fourth-order valence-electron chi connectivity index (χ4n) is 2.05. The summed E-state index contributed by atoms with van der Waals surface area (Å²) in [6.45, 7) is 0.396. The Morgan fingerprint density at radius 3 is 2.85 bits per heavy atom. The lowest BCUT2D eigenvalue weighted by atomic mass is 10.2. The maximum absolute atomic E-state index is 6.06. The van der Waals surface area contributed by atoms with E-state index in [-0.39, 0.29) is 6.10 Å². The van der Waals surface area contributed by atoms with Crippen LogP contribution in [0, 0.1) is 0 Å². The molecule has 3 aromatic rings. The largest absolute Gasteiger partial charge is 0.483 e. The molecule has 1 atom stereocenters. The number of rotatable bonds is 4. The van der Waals surface area contributed by atoms with Gasteiger partial charge in [0.15, 0.2) is 0 Å². The number of ether oxygens (including phenoxy) is 1. The average Bonchev–Trinajstić information content (AvgIpc) is 2.91. The molecule has 1 unspecified atom stereocenters. The van der Waals surface area contributed by atoms with Crippen LogP contribution in [-0.2, 0) is 0 Å². The van der Waals surface area contributed by atoms with Gasteiger partial charge >= 0.3 is 0 Å². The Balaban J connectivity index is 1.95. The zero-order chi connectivity index (χ0) is 13.9. The first-order valence-corrected chi connectivity index (χ1v) is 7.43. The molecule has 3 nitrogen and oxygen atoms in total. The Labute approximate surface area is 126 Å². The summed E-state index contributed by atoms with van der Waals surface area (Å²) < 4.78 is 6.80. The predicted octanol–water partition coefficient (Wildman–Crippen LogP) is 4.03. The molecule has 0 aliphatic carbocycles. The van der Waals surface area contributed by atoms with Crippen molar-refractivity contribution in [1.29, 1.82) is 0 Å². The van der Waals surface area contributed by atoms with E-state index in [0.717, 1.165) is 25.9 Å². The molecular weight excluding hydrogens is 292 g/mol. The zero-order valence-corrected chi connectivity index (χ0v) is 12.2. The van der Waals surface area contributed by atoms with Crippen LogP contribution in [0.4, 0.5) is 0 Å². The van der Waals surface area contributed by atoms with Gasteiger partial charge in [-0.3, -0.25) is 4.98 Å². The van der Waals surface area contributed by atoms with Crippen LogP contribution in [0.5, 0.6) is 5.75 Å². The van der Waals surface area contributed by atoms with Crippen molar-refractivity contribution in [3.8, 4) is 5.75 Å². The van der Waals surface area contributed by atoms with E-state index in [9.17, 15) is 0 Å². The summed E-state index contributed by atoms with van der Waals surface area (Å²) in [4.78, 5) is 5.35. The summed E-state index contributed by atoms with van der Waals surface area (Å²) >= 11 is 7.46. The van der Waals surface area contributed by atoms with E-state index in [2.05, 4.69) is 4.98 Å². The Morgan fingerprint density at radius 1 is 1.20 bits per heavy atom. The Kier molecular flexibility index (Phi) is 3.87. The number of pyridine rings is 1. The number of nitrogens with zero attached hydrogens (tertiary/aromatic N) is 1. The third-order valence-corrected chi connectivity index (χ3v) is 4.32. The topological polar surface area (TPSA) is 48.1 Å². The summed E-state index contributed by atoms with van der Waals surface area (Å²) in [5.41, 5.74) is 6.74. The van der Waals surface area contributed by atoms with E-state index in [1.54, 1.807) is 6.20 Å². The van der Waals surface area contributed by atoms with Crippen LogP contribution < -0.4 is 10.5 Å². The van der Waals surface area contributed by atoms with Gasteiger partial charge in [0.05, 0.1) is 9.85 Å². The third kappa shape index (κ3) is 2.63. The van der Waals surface area contributed by atoms with E-state index in [1.165, 1.54) is 11.3 Å². The van der Waals surface area contributed by atoms with Crippen LogP contribution in [0.1, 0.15) is 11.0 Å². The lowest BCUT2D eigenvalue weighted by Gasteiger charge is -2.17. The SMILES string of the molecule is NCC(Oc1cccc2ncccc12)c1ccc(Cl)s1. The van der Waals surface area contributed by atoms with Crippen molar-refractivity contribution in [3.05, 3.63) is 57.9 Å². The predicted molar refractivity (Wildman–Crippen MR) is 83.5 cm³/mol. The average molecular weight is 305 g/mol. The van der Waals surface area contributed by atoms with Gasteiger partial charge in [0, 0.05) is 23.0 Å². The lowest BCUT2D eigenvalue weighted by molar-refractivity contribution is 0.221. The minimum atomic E-state index is -0.196. The molecule has 0 amide bonds. The molecule has 0 aliphatic heterocycles. The maximum atomic E-state index is 6.06. The number of thiophene rings is 1. The maximum Gasteiger partial charge on any atom is 0.145 e. The van der Waals surface area contributed by atoms with Gasteiger partial charge in [-0.15, -0.1) is 11.3 Å². The summed E-state index contributed by atoms with van der Waals surface area (Å²) in [7, 11) is 0. The van der Waals surface area contributed by atoms with Crippen LogP contribution >= 0.6 is 22.9 Å². The van der Waals surface area contributed by atoms with E-state index in [4.69, 9.17) is 22.1 Å². The fraction of sp³-hybridized carbons (Fsp3) is 0.133. The molecule has 20 heavy (non-hydrogen) atoms. The smallest absolute Gasteiger partial charge is 0.145 e. The number of nitrogens with two attached hydrogens (primary N) is 1. The second-order valence-electron chi connectivity index (χ2n) is 4.31. The number of hydrogen-bond acceptors (Lipinski definition) is 4. The summed E-state index contributed by atoms with van der Waals surface area (Å²) in [5, 5.41) is 0.983. The number of hydrogen-bond donors (Lipinski definition) is 1. The normalized spacial score (nSPS) is 12.5. The molecule has 5 heteroatoms. The van der Waals surface area contributed by atoms with Gasteiger partial charge in [0.2, 0.25) is 0 Å². The number of halogens is 1. The van der Waals surface area contributed by atoms with Crippen molar-refractivity contribution >= 4 is 33.8 Å². The number of fused-ring (bicyclic) bond motifs is 1. The molecule has 0 aliphatic rings. The highest BCUT2D eigenvalue weighted by Gasteiger charge is 2.15. The van der Waals surface area contributed by atoms with Crippen molar-refractivity contribution in [2.75, 3.05) is 6.54 Å². The van der Waals surface area contributed by atoms with Crippen molar-refractivity contribution in [2.45, 2.75) is 6.10 Å². The first-order chi connectivity index (χ1) is 9.78. The van der Waals surface area contributed by atoms with Crippen LogP contribution in [0.25, 0.3) is 10.9 Å².